The maximum Gasteiger partial charge on any atom is 0.168 e. The summed E-state index contributed by atoms with van der Waals surface area (Å²) in [6.45, 7) is 6.24. The Balaban J connectivity index is 1.76. The fraction of sp³-hybridized carbons (Fsp3) is 0.294. The molecule has 3 aromatic rings. The summed E-state index contributed by atoms with van der Waals surface area (Å²) < 4.78 is 2.06. The van der Waals surface area contributed by atoms with E-state index in [4.69, 9.17) is 0 Å². The summed E-state index contributed by atoms with van der Waals surface area (Å²) in [6, 6.07) is 12.6. The van der Waals surface area contributed by atoms with Crippen LogP contribution >= 0.6 is 0 Å². The lowest BCUT2D eigenvalue weighted by molar-refractivity contribution is 0.589. The lowest BCUT2D eigenvalue weighted by Crippen LogP contribution is -2.43. The lowest BCUT2D eigenvalue weighted by Gasteiger charge is -2.29. The van der Waals surface area contributed by atoms with Gasteiger partial charge in [0.1, 0.15) is 0 Å². The van der Waals surface area contributed by atoms with Crippen LogP contribution in [0.2, 0.25) is 0 Å². The van der Waals surface area contributed by atoms with Gasteiger partial charge in [-0.1, -0.05) is 24.3 Å². The van der Waals surface area contributed by atoms with Crippen molar-refractivity contribution in [1.29, 1.82) is 0 Å². The molecule has 5 heteroatoms. The molecule has 1 N–H and O–H groups in total. The van der Waals surface area contributed by atoms with Gasteiger partial charge in [0.2, 0.25) is 0 Å². The minimum absolute atomic E-state index is 0.897. The Morgan fingerprint density at radius 3 is 2.68 bits per heavy atom. The Bertz CT molecular complexity index is 802. The second-order valence-corrected chi connectivity index (χ2v) is 5.69. The van der Waals surface area contributed by atoms with Gasteiger partial charge in [0, 0.05) is 49.7 Å². The number of benzene rings is 1. The molecule has 5 nitrogen and oxygen atoms in total. The number of hydrogen-bond acceptors (Lipinski definition) is 4. The smallest absolute Gasteiger partial charge is 0.168 e. The normalized spacial score (nSPS) is 15.4. The van der Waals surface area contributed by atoms with Crippen LogP contribution in [-0.4, -0.2) is 40.8 Å². The Morgan fingerprint density at radius 2 is 1.86 bits per heavy atom. The quantitative estimate of drug-likeness (QED) is 0.786. The summed E-state index contributed by atoms with van der Waals surface area (Å²) in [5, 5.41) is 12.1. The van der Waals surface area contributed by atoms with Gasteiger partial charge < -0.3 is 10.2 Å². The van der Waals surface area contributed by atoms with Crippen LogP contribution in [0.3, 0.4) is 0 Å². The fourth-order valence-electron chi connectivity index (χ4n) is 3.01. The monoisotopic (exact) mass is 293 g/mol. The Hall–Kier alpha value is -2.40. The van der Waals surface area contributed by atoms with Crippen molar-refractivity contribution < 1.29 is 0 Å². The minimum atomic E-state index is 0.897. The number of pyridine rings is 1. The predicted octanol–water partition coefficient (Wildman–Crippen LogP) is 2.11. The van der Waals surface area contributed by atoms with Crippen molar-refractivity contribution >= 4 is 11.3 Å². The highest BCUT2D eigenvalue weighted by atomic mass is 15.3. The van der Waals surface area contributed by atoms with Gasteiger partial charge in [-0.2, -0.15) is 0 Å². The van der Waals surface area contributed by atoms with E-state index in [1.54, 1.807) is 0 Å². The van der Waals surface area contributed by atoms with E-state index >= 15 is 0 Å². The zero-order valence-electron chi connectivity index (χ0n) is 12.7. The Labute approximate surface area is 129 Å². The van der Waals surface area contributed by atoms with Gasteiger partial charge in [0.25, 0.3) is 0 Å². The van der Waals surface area contributed by atoms with E-state index in [1.807, 2.05) is 12.1 Å². The highest BCUT2D eigenvalue weighted by molar-refractivity contribution is 5.65. The van der Waals surface area contributed by atoms with Gasteiger partial charge in [-0.05, 0) is 18.6 Å². The first kappa shape index (κ1) is 13.3. The summed E-state index contributed by atoms with van der Waals surface area (Å²) in [4.78, 5) is 2.39. The topological polar surface area (TPSA) is 45.5 Å². The van der Waals surface area contributed by atoms with Gasteiger partial charge in [0.05, 0.1) is 0 Å². The molecule has 1 aliphatic heterocycles. The van der Waals surface area contributed by atoms with Gasteiger partial charge in [-0.3, -0.25) is 4.40 Å². The molecular weight excluding hydrogens is 274 g/mol. The molecular formula is C17H19N5. The minimum Gasteiger partial charge on any atom is -0.369 e. The van der Waals surface area contributed by atoms with Crippen molar-refractivity contribution in [3.05, 3.63) is 48.2 Å². The molecule has 0 spiro atoms. The summed E-state index contributed by atoms with van der Waals surface area (Å²) in [7, 11) is 0. The Morgan fingerprint density at radius 1 is 1.05 bits per heavy atom. The average molecular weight is 293 g/mol. The summed E-state index contributed by atoms with van der Waals surface area (Å²) in [6.07, 6.45) is 2.08. The third-order valence-electron chi connectivity index (χ3n) is 4.26. The zero-order chi connectivity index (χ0) is 14.9. The third-order valence-corrected chi connectivity index (χ3v) is 4.26. The van der Waals surface area contributed by atoms with Crippen molar-refractivity contribution in [2.45, 2.75) is 6.92 Å². The first-order chi connectivity index (χ1) is 10.8. The van der Waals surface area contributed by atoms with Crippen molar-refractivity contribution in [2.75, 3.05) is 31.1 Å². The standard InChI is InChI=1S/C17H19N5/c1-13-4-2-3-5-15(13)17-20-19-16-12-14(6-9-22(16)17)21-10-7-18-8-11-21/h2-6,9,12,18H,7-8,10-11H2,1H3. The number of anilines is 1. The second kappa shape index (κ2) is 5.42. The third kappa shape index (κ3) is 2.23. The average Bonchev–Trinajstić information content (AvgIpc) is 2.99. The largest absolute Gasteiger partial charge is 0.369 e. The molecule has 1 aliphatic rings. The highest BCUT2D eigenvalue weighted by Gasteiger charge is 2.14. The molecule has 1 saturated heterocycles. The SMILES string of the molecule is Cc1ccccc1-c1nnc2cc(N3CCNCC3)ccn12. The van der Waals surface area contributed by atoms with E-state index in [-0.39, 0.29) is 0 Å². The lowest BCUT2D eigenvalue weighted by atomic mass is 10.1. The van der Waals surface area contributed by atoms with Crippen molar-refractivity contribution in [3.8, 4) is 11.4 Å². The number of hydrogen-bond donors (Lipinski definition) is 1. The number of piperazine rings is 1. The van der Waals surface area contributed by atoms with Crippen LogP contribution in [0.15, 0.2) is 42.6 Å². The first-order valence-electron chi connectivity index (χ1n) is 7.69. The molecule has 1 fully saturated rings. The van der Waals surface area contributed by atoms with E-state index in [0.717, 1.165) is 43.2 Å². The molecule has 0 amide bonds. The van der Waals surface area contributed by atoms with Gasteiger partial charge in [-0.15, -0.1) is 10.2 Å². The molecule has 0 atom stereocenters. The van der Waals surface area contributed by atoms with Crippen LogP contribution in [0.5, 0.6) is 0 Å². The predicted molar refractivity (Wildman–Crippen MR) is 88.2 cm³/mol. The van der Waals surface area contributed by atoms with Gasteiger partial charge >= 0.3 is 0 Å². The number of nitrogens with zero attached hydrogens (tertiary/aromatic N) is 4. The highest BCUT2D eigenvalue weighted by Crippen LogP contribution is 2.24. The maximum atomic E-state index is 4.39. The number of aromatic nitrogens is 3. The molecule has 2 aromatic heterocycles. The summed E-state index contributed by atoms with van der Waals surface area (Å²) >= 11 is 0. The van der Waals surface area contributed by atoms with Crippen LogP contribution in [0.25, 0.3) is 17.0 Å². The van der Waals surface area contributed by atoms with E-state index < -0.39 is 0 Å². The summed E-state index contributed by atoms with van der Waals surface area (Å²) in [5.74, 6) is 0.903. The van der Waals surface area contributed by atoms with Crippen LogP contribution in [0, 0.1) is 6.92 Å². The van der Waals surface area contributed by atoms with Crippen LogP contribution in [0.4, 0.5) is 5.69 Å². The molecule has 3 heterocycles. The Kier molecular flexibility index (Phi) is 3.27. The molecule has 0 radical (unpaired) electrons. The van der Waals surface area contributed by atoms with Crippen LogP contribution in [0.1, 0.15) is 5.56 Å². The molecule has 1 aromatic carbocycles. The van der Waals surface area contributed by atoms with E-state index in [9.17, 15) is 0 Å². The van der Waals surface area contributed by atoms with Gasteiger partial charge in [0.15, 0.2) is 11.5 Å². The molecule has 0 aliphatic carbocycles. The number of rotatable bonds is 2. The van der Waals surface area contributed by atoms with Crippen LogP contribution < -0.4 is 10.2 Å². The molecule has 112 valence electrons. The molecule has 0 bridgehead atoms. The van der Waals surface area contributed by atoms with Crippen molar-refractivity contribution in [2.24, 2.45) is 0 Å². The molecule has 0 unspecified atom stereocenters. The van der Waals surface area contributed by atoms with Crippen molar-refractivity contribution in [3.63, 3.8) is 0 Å². The van der Waals surface area contributed by atoms with E-state index in [0.29, 0.717) is 0 Å². The second-order valence-electron chi connectivity index (χ2n) is 5.69. The number of nitrogens with one attached hydrogen (secondary N) is 1. The summed E-state index contributed by atoms with van der Waals surface area (Å²) in [5.41, 5.74) is 4.46. The number of aryl methyl sites for hydroxylation is 1. The molecule has 22 heavy (non-hydrogen) atoms. The van der Waals surface area contributed by atoms with Gasteiger partial charge in [-0.25, -0.2) is 0 Å². The van der Waals surface area contributed by atoms with Crippen molar-refractivity contribution in [1.82, 2.24) is 19.9 Å². The fourth-order valence-corrected chi connectivity index (χ4v) is 3.01. The van der Waals surface area contributed by atoms with E-state index in [2.05, 4.69) is 62.2 Å². The van der Waals surface area contributed by atoms with E-state index in [1.165, 1.54) is 11.3 Å². The zero-order valence-corrected chi connectivity index (χ0v) is 12.7. The number of fused-ring (bicyclic) bond motifs is 1. The molecule has 4 rings (SSSR count). The maximum absolute atomic E-state index is 4.39. The first-order valence-corrected chi connectivity index (χ1v) is 7.69. The molecule has 0 saturated carbocycles. The van der Waals surface area contributed by atoms with Crippen LogP contribution in [-0.2, 0) is 0 Å².